The van der Waals surface area contributed by atoms with Crippen LogP contribution in [-0.2, 0) is 0 Å². The molecular formula is C16H9ClN2O. The minimum absolute atomic E-state index is 0.256. The average Bonchev–Trinajstić information content (AvgIpc) is 2.51. The van der Waals surface area contributed by atoms with E-state index < -0.39 is 0 Å². The van der Waals surface area contributed by atoms with Crippen molar-refractivity contribution < 1.29 is 4.74 Å². The van der Waals surface area contributed by atoms with E-state index in [-0.39, 0.29) is 5.69 Å². The first kappa shape index (κ1) is 12.5. The maximum absolute atomic E-state index is 9.04. The molecule has 3 nitrogen and oxygen atoms in total. The fourth-order valence-corrected chi connectivity index (χ4v) is 2.23. The highest BCUT2D eigenvalue weighted by molar-refractivity contribution is 6.35. The van der Waals surface area contributed by atoms with Gasteiger partial charge in [-0.3, -0.25) is 0 Å². The zero-order valence-corrected chi connectivity index (χ0v) is 11.1. The monoisotopic (exact) mass is 280 g/mol. The molecule has 3 rings (SSSR count). The lowest BCUT2D eigenvalue weighted by atomic mass is 10.1. The van der Waals surface area contributed by atoms with Crippen LogP contribution in [0.2, 0.25) is 5.02 Å². The molecule has 0 amide bonds. The summed E-state index contributed by atoms with van der Waals surface area (Å²) in [6.45, 7) is 0. The molecule has 3 aromatic rings. The molecule has 1 aromatic heterocycles. The molecule has 0 fully saturated rings. The number of pyridine rings is 1. The number of hydrogen-bond donors (Lipinski definition) is 0. The van der Waals surface area contributed by atoms with E-state index in [0.717, 1.165) is 10.8 Å². The van der Waals surface area contributed by atoms with Gasteiger partial charge in [0.25, 0.3) is 0 Å². The summed E-state index contributed by atoms with van der Waals surface area (Å²) in [5, 5.41) is 11.5. The van der Waals surface area contributed by atoms with E-state index in [1.54, 1.807) is 30.5 Å². The van der Waals surface area contributed by atoms with Crippen molar-refractivity contribution in [3.05, 3.63) is 65.4 Å². The minimum atomic E-state index is 0.256. The lowest BCUT2D eigenvalue weighted by Crippen LogP contribution is -1.91. The summed E-state index contributed by atoms with van der Waals surface area (Å²) in [6, 6.07) is 16.7. The number of rotatable bonds is 2. The second-order valence-corrected chi connectivity index (χ2v) is 4.56. The largest absolute Gasteiger partial charge is 0.454 e. The number of fused-ring (bicyclic) bond motifs is 1. The Labute approximate surface area is 121 Å². The number of aromatic nitrogens is 1. The van der Waals surface area contributed by atoms with Gasteiger partial charge in [0, 0.05) is 22.0 Å². The van der Waals surface area contributed by atoms with Crippen molar-refractivity contribution >= 4 is 22.4 Å². The number of ether oxygens (including phenoxy) is 1. The summed E-state index contributed by atoms with van der Waals surface area (Å²) in [5.41, 5.74) is 0.256. The zero-order valence-electron chi connectivity index (χ0n) is 10.4. The van der Waals surface area contributed by atoms with E-state index >= 15 is 0 Å². The molecule has 0 N–H and O–H groups in total. The van der Waals surface area contributed by atoms with Crippen LogP contribution in [0.25, 0.3) is 10.8 Å². The summed E-state index contributed by atoms with van der Waals surface area (Å²) >= 11 is 6.17. The third-order valence-electron chi connectivity index (χ3n) is 2.93. The fraction of sp³-hybridized carbons (Fsp3) is 0. The van der Waals surface area contributed by atoms with Crippen LogP contribution >= 0.6 is 11.6 Å². The van der Waals surface area contributed by atoms with Crippen LogP contribution in [0.4, 0.5) is 0 Å². The van der Waals surface area contributed by atoms with E-state index in [2.05, 4.69) is 4.98 Å². The van der Waals surface area contributed by atoms with E-state index in [0.29, 0.717) is 16.5 Å². The molecule has 0 aliphatic carbocycles. The second kappa shape index (κ2) is 5.20. The van der Waals surface area contributed by atoms with Crippen LogP contribution in [0.5, 0.6) is 11.5 Å². The molecule has 0 atom stereocenters. The predicted molar refractivity (Wildman–Crippen MR) is 78.0 cm³/mol. The highest BCUT2D eigenvalue weighted by Gasteiger charge is 2.09. The Morgan fingerprint density at radius 1 is 0.950 bits per heavy atom. The third-order valence-corrected chi connectivity index (χ3v) is 3.26. The summed E-state index contributed by atoms with van der Waals surface area (Å²) in [6.07, 6.45) is 1.56. The molecule has 0 spiro atoms. The SMILES string of the molecule is N#Cc1ncccc1Oc1ccc(Cl)c2ccccc12. The first-order chi connectivity index (χ1) is 9.79. The smallest absolute Gasteiger partial charge is 0.183 e. The number of hydrogen-bond acceptors (Lipinski definition) is 3. The van der Waals surface area contributed by atoms with E-state index in [4.69, 9.17) is 21.6 Å². The Balaban J connectivity index is 2.12. The van der Waals surface area contributed by atoms with Gasteiger partial charge in [-0.25, -0.2) is 4.98 Å². The normalized spacial score (nSPS) is 10.2. The molecule has 0 aliphatic heterocycles. The highest BCUT2D eigenvalue weighted by atomic mass is 35.5. The van der Waals surface area contributed by atoms with Gasteiger partial charge in [-0.2, -0.15) is 5.26 Å². The van der Waals surface area contributed by atoms with Gasteiger partial charge in [0.05, 0.1) is 0 Å². The molecule has 1 heterocycles. The van der Waals surface area contributed by atoms with Crippen molar-refractivity contribution in [2.75, 3.05) is 0 Å². The lowest BCUT2D eigenvalue weighted by molar-refractivity contribution is 0.484. The number of halogens is 1. The third kappa shape index (κ3) is 2.18. The molecule has 0 bridgehead atoms. The standard InChI is InChI=1S/C16H9ClN2O/c17-13-7-8-15(12-5-2-1-4-11(12)13)20-16-6-3-9-19-14(16)10-18/h1-9H. The quantitative estimate of drug-likeness (QED) is 0.691. The second-order valence-electron chi connectivity index (χ2n) is 4.16. The van der Waals surface area contributed by atoms with Crippen molar-refractivity contribution in [3.63, 3.8) is 0 Å². The van der Waals surface area contributed by atoms with E-state index in [1.165, 1.54) is 0 Å². The first-order valence-electron chi connectivity index (χ1n) is 6.00. The van der Waals surface area contributed by atoms with Gasteiger partial charge >= 0.3 is 0 Å². The van der Waals surface area contributed by atoms with Crippen molar-refractivity contribution in [2.45, 2.75) is 0 Å². The van der Waals surface area contributed by atoms with Crippen LogP contribution in [0.1, 0.15) is 5.69 Å². The highest BCUT2D eigenvalue weighted by Crippen LogP contribution is 2.34. The van der Waals surface area contributed by atoms with E-state index in [9.17, 15) is 0 Å². The first-order valence-corrected chi connectivity index (χ1v) is 6.37. The van der Waals surface area contributed by atoms with Crippen molar-refractivity contribution in [1.29, 1.82) is 5.26 Å². The van der Waals surface area contributed by atoms with Gasteiger partial charge in [-0.1, -0.05) is 35.9 Å². The van der Waals surface area contributed by atoms with Crippen molar-refractivity contribution in [2.24, 2.45) is 0 Å². The molecule has 4 heteroatoms. The molecule has 20 heavy (non-hydrogen) atoms. The van der Waals surface area contributed by atoms with Crippen molar-refractivity contribution in [1.82, 2.24) is 4.98 Å². The van der Waals surface area contributed by atoms with Gasteiger partial charge in [0.2, 0.25) is 0 Å². The van der Waals surface area contributed by atoms with Gasteiger partial charge in [0.15, 0.2) is 11.4 Å². The van der Waals surface area contributed by atoms with Crippen molar-refractivity contribution in [3.8, 4) is 17.6 Å². The van der Waals surface area contributed by atoms with Crippen LogP contribution in [0.15, 0.2) is 54.7 Å². The Hall–Kier alpha value is -2.57. The Morgan fingerprint density at radius 3 is 2.55 bits per heavy atom. The van der Waals surface area contributed by atoms with Crippen LogP contribution in [-0.4, -0.2) is 4.98 Å². The lowest BCUT2D eigenvalue weighted by Gasteiger charge is -2.10. The number of nitrogens with zero attached hydrogens (tertiary/aromatic N) is 2. The van der Waals surface area contributed by atoms with Crippen LogP contribution in [0.3, 0.4) is 0 Å². The Bertz CT molecular complexity index is 824. The summed E-state index contributed by atoms with van der Waals surface area (Å²) in [7, 11) is 0. The molecule has 96 valence electrons. The maximum atomic E-state index is 9.04. The predicted octanol–water partition coefficient (Wildman–Crippen LogP) is 4.55. The Kier molecular flexibility index (Phi) is 3.24. The van der Waals surface area contributed by atoms with Gasteiger partial charge in [-0.15, -0.1) is 0 Å². The molecule has 0 radical (unpaired) electrons. The Morgan fingerprint density at radius 2 is 1.75 bits per heavy atom. The minimum Gasteiger partial charge on any atom is -0.454 e. The molecule has 0 unspecified atom stereocenters. The van der Waals surface area contributed by atoms with Gasteiger partial charge in [0.1, 0.15) is 11.8 Å². The van der Waals surface area contributed by atoms with E-state index in [1.807, 2.05) is 30.3 Å². The van der Waals surface area contributed by atoms with Crippen LogP contribution in [0, 0.1) is 11.3 Å². The molecule has 0 saturated carbocycles. The van der Waals surface area contributed by atoms with Gasteiger partial charge in [-0.05, 0) is 24.3 Å². The van der Waals surface area contributed by atoms with Crippen LogP contribution < -0.4 is 4.74 Å². The summed E-state index contributed by atoms with van der Waals surface area (Å²) in [4.78, 5) is 3.98. The van der Waals surface area contributed by atoms with Gasteiger partial charge < -0.3 is 4.74 Å². The summed E-state index contributed by atoms with van der Waals surface area (Å²) in [5.74, 6) is 1.08. The molecule has 0 aliphatic rings. The zero-order chi connectivity index (χ0) is 13.9. The fourth-order valence-electron chi connectivity index (χ4n) is 2.00. The summed E-state index contributed by atoms with van der Waals surface area (Å²) < 4.78 is 5.83. The topological polar surface area (TPSA) is 45.9 Å². The molecule has 2 aromatic carbocycles. The molecule has 0 saturated heterocycles. The average molecular weight is 281 g/mol. The molecular weight excluding hydrogens is 272 g/mol. The number of benzene rings is 2. The maximum Gasteiger partial charge on any atom is 0.183 e. The number of nitriles is 1.